The molecule has 2 heterocycles. The Morgan fingerprint density at radius 2 is 1.95 bits per heavy atom. The molecule has 0 aliphatic carbocycles. The average molecular weight is 583 g/mol. The Kier molecular flexibility index (Phi) is 7.97. The Bertz CT molecular complexity index is 1510. The number of carbonyl (C=O) groups is 2. The fourth-order valence-electron chi connectivity index (χ4n) is 3.91. The number of amides is 2. The molecule has 2 aliphatic heterocycles. The van der Waals surface area contributed by atoms with Gasteiger partial charge in [-0.3, -0.25) is 14.5 Å². The van der Waals surface area contributed by atoms with Gasteiger partial charge in [0.15, 0.2) is 29.6 Å². The van der Waals surface area contributed by atoms with Crippen molar-refractivity contribution in [3.63, 3.8) is 0 Å². The second-order valence-corrected chi connectivity index (χ2v) is 10.7. The number of ether oxygens (including phenoxy) is 4. The van der Waals surface area contributed by atoms with Crippen LogP contribution in [0.15, 0.2) is 59.5 Å². The van der Waals surface area contributed by atoms with Crippen molar-refractivity contribution in [2.75, 3.05) is 25.8 Å². The van der Waals surface area contributed by atoms with Crippen LogP contribution in [0, 0.1) is 6.92 Å². The third-order valence-corrected chi connectivity index (χ3v) is 7.74. The highest BCUT2D eigenvalue weighted by Gasteiger charge is 2.32. The number of anilines is 1. The number of aryl methyl sites for hydroxylation is 1. The summed E-state index contributed by atoms with van der Waals surface area (Å²) in [6.07, 6.45) is 1.75. The quantitative estimate of drug-likeness (QED) is 0.263. The number of methoxy groups -OCH3 is 1. The summed E-state index contributed by atoms with van der Waals surface area (Å²) in [5, 5.41) is 3.32. The van der Waals surface area contributed by atoms with Gasteiger partial charge >= 0.3 is 0 Å². The molecule has 0 spiro atoms. The lowest BCUT2D eigenvalue weighted by atomic mass is 10.1. The summed E-state index contributed by atoms with van der Waals surface area (Å²) in [7, 11) is 1.51. The molecule has 11 heteroatoms. The first-order valence-corrected chi connectivity index (χ1v) is 13.4. The molecule has 0 bridgehead atoms. The normalized spacial score (nSPS) is 15.2. The number of thiocarbonyl (C=S) groups is 1. The van der Waals surface area contributed by atoms with Crippen LogP contribution in [-0.2, 0) is 16.1 Å². The zero-order valence-electron chi connectivity index (χ0n) is 21.0. The molecule has 8 nitrogen and oxygen atoms in total. The van der Waals surface area contributed by atoms with Crippen molar-refractivity contribution in [3.8, 4) is 23.0 Å². The molecular weight excluding hydrogens is 560 g/mol. The van der Waals surface area contributed by atoms with Gasteiger partial charge in [0.2, 0.25) is 6.79 Å². The summed E-state index contributed by atoms with van der Waals surface area (Å²) in [4.78, 5) is 27.5. The van der Waals surface area contributed by atoms with Crippen LogP contribution < -0.4 is 24.3 Å². The molecule has 2 amide bonds. The van der Waals surface area contributed by atoms with E-state index in [0.29, 0.717) is 49.5 Å². The first-order valence-electron chi connectivity index (χ1n) is 11.8. The van der Waals surface area contributed by atoms with Gasteiger partial charge in [-0.25, -0.2) is 0 Å². The maximum absolute atomic E-state index is 13.1. The molecule has 1 fully saturated rings. The van der Waals surface area contributed by atoms with E-state index in [-0.39, 0.29) is 25.2 Å². The van der Waals surface area contributed by atoms with E-state index >= 15 is 0 Å². The number of hydrogen-bond donors (Lipinski definition) is 1. The molecule has 3 aromatic rings. The number of thioether (sulfide) groups is 1. The first-order chi connectivity index (χ1) is 18.8. The van der Waals surface area contributed by atoms with Crippen molar-refractivity contribution in [3.05, 3.63) is 81.2 Å². The molecule has 5 rings (SSSR count). The lowest BCUT2D eigenvalue weighted by Gasteiger charge is -2.14. The van der Waals surface area contributed by atoms with Crippen molar-refractivity contribution >= 4 is 63.5 Å². The van der Waals surface area contributed by atoms with Crippen molar-refractivity contribution in [1.29, 1.82) is 0 Å². The molecule has 0 saturated carbocycles. The zero-order valence-corrected chi connectivity index (χ0v) is 23.4. The van der Waals surface area contributed by atoms with E-state index in [1.807, 2.05) is 31.2 Å². The highest BCUT2D eigenvalue weighted by atomic mass is 35.5. The SMILES string of the molecule is COc1cc(/C=C2\SC(=S)N(Cc3ccc4c(c3)OCO4)C2=O)ccc1OCC(=O)Nc1ccc(C)c(Cl)c1. The molecule has 2 aliphatic rings. The summed E-state index contributed by atoms with van der Waals surface area (Å²) in [5.41, 5.74) is 3.11. The van der Waals surface area contributed by atoms with Gasteiger partial charge in [0, 0.05) is 10.7 Å². The van der Waals surface area contributed by atoms with Crippen LogP contribution in [0.25, 0.3) is 6.08 Å². The van der Waals surface area contributed by atoms with E-state index < -0.39 is 0 Å². The van der Waals surface area contributed by atoms with Gasteiger partial charge in [0.05, 0.1) is 18.6 Å². The predicted molar refractivity (Wildman–Crippen MR) is 155 cm³/mol. The Hall–Kier alpha value is -3.73. The number of halogens is 1. The van der Waals surface area contributed by atoms with Gasteiger partial charge in [0.25, 0.3) is 11.8 Å². The number of fused-ring (bicyclic) bond motifs is 1. The van der Waals surface area contributed by atoms with Crippen LogP contribution in [0.2, 0.25) is 5.02 Å². The smallest absolute Gasteiger partial charge is 0.266 e. The Balaban J connectivity index is 1.23. The topological polar surface area (TPSA) is 86.3 Å². The molecule has 200 valence electrons. The Morgan fingerprint density at radius 1 is 1.13 bits per heavy atom. The maximum Gasteiger partial charge on any atom is 0.266 e. The van der Waals surface area contributed by atoms with Gasteiger partial charge in [-0.2, -0.15) is 0 Å². The van der Waals surface area contributed by atoms with Crippen LogP contribution in [0.1, 0.15) is 16.7 Å². The Morgan fingerprint density at radius 3 is 2.74 bits per heavy atom. The number of rotatable bonds is 8. The Labute approximate surface area is 239 Å². The van der Waals surface area contributed by atoms with E-state index in [1.54, 1.807) is 41.3 Å². The van der Waals surface area contributed by atoms with E-state index in [2.05, 4.69) is 5.32 Å². The molecule has 0 atom stereocenters. The van der Waals surface area contributed by atoms with Crippen molar-refractivity contribution in [2.45, 2.75) is 13.5 Å². The van der Waals surface area contributed by atoms with Crippen molar-refractivity contribution in [2.24, 2.45) is 0 Å². The predicted octanol–water partition coefficient (Wildman–Crippen LogP) is 5.80. The minimum Gasteiger partial charge on any atom is -0.493 e. The number of carbonyl (C=O) groups excluding carboxylic acids is 2. The van der Waals surface area contributed by atoms with Gasteiger partial charge in [-0.15, -0.1) is 0 Å². The minimum atomic E-state index is -0.341. The monoisotopic (exact) mass is 582 g/mol. The van der Waals surface area contributed by atoms with E-state index in [4.69, 9.17) is 42.8 Å². The fraction of sp³-hybridized carbons (Fsp3) is 0.179. The second kappa shape index (κ2) is 11.6. The summed E-state index contributed by atoms with van der Waals surface area (Å²) >= 11 is 12.8. The van der Waals surface area contributed by atoms with Crippen LogP contribution in [0.4, 0.5) is 5.69 Å². The van der Waals surface area contributed by atoms with Gasteiger partial charge in [0.1, 0.15) is 4.32 Å². The third kappa shape index (κ3) is 6.13. The lowest BCUT2D eigenvalue weighted by molar-refractivity contribution is -0.122. The summed E-state index contributed by atoms with van der Waals surface area (Å²) in [5.74, 6) is 1.62. The van der Waals surface area contributed by atoms with Gasteiger partial charge < -0.3 is 24.3 Å². The third-order valence-electron chi connectivity index (χ3n) is 5.95. The van der Waals surface area contributed by atoms with Crippen LogP contribution in [0.5, 0.6) is 23.0 Å². The molecular formula is C28H23ClN2O6S2. The number of nitrogens with zero attached hydrogens (tertiary/aromatic N) is 1. The molecule has 1 N–H and O–H groups in total. The van der Waals surface area contributed by atoms with Gasteiger partial charge in [-0.05, 0) is 66.1 Å². The second-order valence-electron chi connectivity index (χ2n) is 8.67. The molecule has 39 heavy (non-hydrogen) atoms. The molecule has 0 unspecified atom stereocenters. The number of benzene rings is 3. The lowest BCUT2D eigenvalue weighted by Crippen LogP contribution is -2.27. The maximum atomic E-state index is 13.1. The summed E-state index contributed by atoms with van der Waals surface area (Å²) < 4.78 is 22.4. The fourth-order valence-corrected chi connectivity index (χ4v) is 5.35. The molecule has 0 radical (unpaired) electrons. The molecule has 3 aromatic carbocycles. The zero-order chi connectivity index (χ0) is 27.5. The molecule has 1 saturated heterocycles. The van der Waals surface area contributed by atoms with E-state index in [0.717, 1.165) is 16.7 Å². The summed E-state index contributed by atoms with van der Waals surface area (Å²) in [6, 6.07) is 16.0. The van der Waals surface area contributed by atoms with Gasteiger partial charge in [-0.1, -0.05) is 53.8 Å². The molecule has 0 aromatic heterocycles. The van der Waals surface area contributed by atoms with Crippen molar-refractivity contribution in [1.82, 2.24) is 4.90 Å². The van der Waals surface area contributed by atoms with Crippen LogP contribution in [0.3, 0.4) is 0 Å². The first kappa shape index (κ1) is 26.9. The van der Waals surface area contributed by atoms with Crippen LogP contribution >= 0.6 is 35.6 Å². The minimum absolute atomic E-state index is 0.185. The van der Waals surface area contributed by atoms with Crippen molar-refractivity contribution < 1.29 is 28.5 Å². The largest absolute Gasteiger partial charge is 0.493 e. The number of nitrogens with one attached hydrogen (secondary N) is 1. The van der Waals surface area contributed by atoms with Crippen LogP contribution in [-0.4, -0.2) is 41.5 Å². The summed E-state index contributed by atoms with van der Waals surface area (Å²) in [6.45, 7) is 2.17. The highest BCUT2D eigenvalue weighted by molar-refractivity contribution is 8.26. The van der Waals surface area contributed by atoms with E-state index in [1.165, 1.54) is 18.9 Å². The highest BCUT2D eigenvalue weighted by Crippen LogP contribution is 2.37. The number of hydrogen-bond acceptors (Lipinski definition) is 8. The average Bonchev–Trinajstić information content (AvgIpc) is 3.49. The van der Waals surface area contributed by atoms with E-state index in [9.17, 15) is 9.59 Å². The standard InChI is InChI=1S/C28H23ClN2O6S2/c1-16-3-6-19(12-20(16)29)30-26(32)14-35-21-7-4-17(9-23(21)34-2)11-25-27(33)31(28(38)39-25)13-18-5-8-22-24(10-18)37-15-36-22/h3-12H,13-15H2,1-2H3,(H,30,32)/b25-11-.